The lowest BCUT2D eigenvalue weighted by molar-refractivity contribution is 0.0689. The first kappa shape index (κ1) is 14.3. The average Bonchev–Trinajstić information content (AvgIpc) is 2.32. The Morgan fingerprint density at radius 2 is 2.22 bits per heavy atom. The zero-order chi connectivity index (χ0) is 13.3. The second-order valence-electron chi connectivity index (χ2n) is 5.30. The molecule has 2 rings (SSSR count). The van der Waals surface area contributed by atoms with E-state index < -0.39 is 0 Å². The van der Waals surface area contributed by atoms with Crippen molar-refractivity contribution in [2.24, 2.45) is 0 Å². The van der Waals surface area contributed by atoms with Crippen LogP contribution < -0.4 is 5.56 Å². The van der Waals surface area contributed by atoms with E-state index in [-0.39, 0.29) is 17.1 Å². The van der Waals surface area contributed by atoms with Crippen LogP contribution in [-0.4, -0.2) is 28.1 Å². The molecule has 6 heteroatoms. The third-order valence-corrected chi connectivity index (χ3v) is 4.71. The normalized spacial score (nSPS) is 21.0. The molecule has 4 nitrogen and oxygen atoms in total. The molecule has 1 aromatic rings. The van der Waals surface area contributed by atoms with E-state index in [0.717, 1.165) is 23.8 Å². The molecule has 0 saturated carbocycles. The summed E-state index contributed by atoms with van der Waals surface area (Å²) in [5.74, 6) is 2.53. The van der Waals surface area contributed by atoms with Crippen molar-refractivity contribution in [3.8, 4) is 0 Å². The number of aromatic amines is 1. The zero-order valence-electron chi connectivity index (χ0n) is 10.7. The molecule has 1 aliphatic heterocycles. The number of hydrogen-bond acceptors (Lipinski definition) is 4. The van der Waals surface area contributed by atoms with Crippen molar-refractivity contribution in [3.05, 3.63) is 25.4 Å². The standard InChI is InChI=1S/C12H17IN2O2S/c1-12(2,3)9-8(13)11(16)15-10(14-9)7-6-18-5-4-17-7/h7H,4-6H2,1-3H3,(H,14,15,16). The molecule has 1 aliphatic rings. The van der Waals surface area contributed by atoms with Crippen LogP contribution in [0.3, 0.4) is 0 Å². The van der Waals surface area contributed by atoms with Crippen LogP contribution in [0.4, 0.5) is 0 Å². The lowest BCUT2D eigenvalue weighted by Crippen LogP contribution is -2.28. The van der Waals surface area contributed by atoms with E-state index in [1.165, 1.54) is 0 Å². The van der Waals surface area contributed by atoms with E-state index in [1.807, 2.05) is 11.8 Å². The highest BCUT2D eigenvalue weighted by Gasteiger charge is 2.25. The number of aromatic nitrogens is 2. The molecular weight excluding hydrogens is 363 g/mol. The van der Waals surface area contributed by atoms with Crippen LogP contribution in [-0.2, 0) is 10.2 Å². The maximum atomic E-state index is 12.0. The largest absolute Gasteiger partial charge is 0.369 e. The molecule has 0 amide bonds. The topological polar surface area (TPSA) is 55.0 Å². The quantitative estimate of drug-likeness (QED) is 0.761. The summed E-state index contributed by atoms with van der Waals surface area (Å²) in [6.07, 6.45) is -0.0884. The Kier molecular flexibility index (Phi) is 4.38. The van der Waals surface area contributed by atoms with Crippen molar-refractivity contribution in [1.29, 1.82) is 0 Å². The van der Waals surface area contributed by atoms with Crippen LogP contribution in [0.2, 0.25) is 0 Å². The van der Waals surface area contributed by atoms with E-state index in [9.17, 15) is 4.79 Å². The fourth-order valence-corrected chi connectivity index (χ4v) is 3.68. The predicted octanol–water partition coefficient (Wildman–Crippen LogP) is 2.48. The van der Waals surface area contributed by atoms with Crippen LogP contribution in [0, 0.1) is 3.57 Å². The van der Waals surface area contributed by atoms with Gasteiger partial charge in [0.05, 0.1) is 12.3 Å². The summed E-state index contributed by atoms with van der Waals surface area (Å²) in [6.45, 7) is 6.92. The molecule has 1 aromatic heterocycles. The van der Waals surface area contributed by atoms with Gasteiger partial charge in [0.1, 0.15) is 15.5 Å². The van der Waals surface area contributed by atoms with Gasteiger partial charge in [0.2, 0.25) is 0 Å². The van der Waals surface area contributed by atoms with Gasteiger partial charge in [-0.05, 0) is 22.6 Å². The second-order valence-corrected chi connectivity index (χ2v) is 7.53. The molecule has 0 spiro atoms. The van der Waals surface area contributed by atoms with Crippen LogP contribution in [0.5, 0.6) is 0 Å². The fourth-order valence-electron chi connectivity index (χ4n) is 1.77. The number of halogens is 1. The van der Waals surface area contributed by atoms with E-state index in [2.05, 4.69) is 53.3 Å². The van der Waals surface area contributed by atoms with Gasteiger partial charge in [0.15, 0.2) is 0 Å². The molecule has 100 valence electrons. The maximum Gasteiger partial charge on any atom is 0.264 e. The van der Waals surface area contributed by atoms with Crippen molar-refractivity contribution in [2.75, 3.05) is 18.1 Å². The smallest absolute Gasteiger partial charge is 0.264 e. The number of hydrogen-bond donors (Lipinski definition) is 1. The predicted molar refractivity (Wildman–Crippen MR) is 82.3 cm³/mol. The van der Waals surface area contributed by atoms with E-state index in [4.69, 9.17) is 4.74 Å². The summed E-state index contributed by atoms with van der Waals surface area (Å²) in [7, 11) is 0. The van der Waals surface area contributed by atoms with E-state index in [0.29, 0.717) is 9.39 Å². The summed E-state index contributed by atoms with van der Waals surface area (Å²) in [4.78, 5) is 19.5. The van der Waals surface area contributed by atoms with Crippen molar-refractivity contribution in [2.45, 2.75) is 32.3 Å². The minimum absolute atomic E-state index is 0.0651. The number of rotatable bonds is 1. The summed E-state index contributed by atoms with van der Waals surface area (Å²) in [5.41, 5.74) is 0.646. The molecule has 2 heterocycles. The molecule has 1 atom stereocenters. The van der Waals surface area contributed by atoms with Crippen molar-refractivity contribution >= 4 is 34.4 Å². The molecule has 18 heavy (non-hydrogen) atoms. The average molecular weight is 380 g/mol. The lowest BCUT2D eigenvalue weighted by atomic mass is 9.92. The first-order valence-electron chi connectivity index (χ1n) is 5.89. The van der Waals surface area contributed by atoms with Gasteiger partial charge in [-0.15, -0.1) is 0 Å². The Labute approximate surface area is 124 Å². The van der Waals surface area contributed by atoms with Crippen molar-refractivity contribution in [1.82, 2.24) is 9.97 Å². The Balaban J connectivity index is 2.44. The van der Waals surface area contributed by atoms with Gasteiger partial charge >= 0.3 is 0 Å². The van der Waals surface area contributed by atoms with E-state index >= 15 is 0 Å². The first-order valence-corrected chi connectivity index (χ1v) is 8.12. The molecule has 1 saturated heterocycles. The molecule has 1 unspecified atom stereocenters. The minimum Gasteiger partial charge on any atom is -0.369 e. The highest BCUT2D eigenvalue weighted by Crippen LogP contribution is 2.27. The molecule has 0 aromatic carbocycles. The molecule has 1 fully saturated rings. The number of thioether (sulfide) groups is 1. The van der Waals surface area contributed by atoms with Crippen LogP contribution >= 0.6 is 34.4 Å². The summed E-state index contributed by atoms with van der Waals surface area (Å²) >= 11 is 3.90. The molecule has 0 aliphatic carbocycles. The number of ether oxygens (including phenoxy) is 1. The summed E-state index contributed by atoms with van der Waals surface area (Å²) < 4.78 is 6.34. The maximum absolute atomic E-state index is 12.0. The Hall–Kier alpha value is -0.0800. The van der Waals surface area contributed by atoms with Gasteiger partial charge in [0.25, 0.3) is 5.56 Å². The highest BCUT2D eigenvalue weighted by molar-refractivity contribution is 14.1. The van der Waals surface area contributed by atoms with Crippen molar-refractivity contribution < 1.29 is 4.74 Å². The molecular formula is C12H17IN2O2S. The lowest BCUT2D eigenvalue weighted by Gasteiger charge is -2.24. The monoisotopic (exact) mass is 380 g/mol. The Morgan fingerprint density at radius 1 is 1.50 bits per heavy atom. The molecule has 0 bridgehead atoms. The third-order valence-electron chi connectivity index (χ3n) is 2.71. The summed E-state index contributed by atoms with van der Waals surface area (Å²) in [6, 6.07) is 0. The van der Waals surface area contributed by atoms with Crippen LogP contribution in [0.1, 0.15) is 38.4 Å². The summed E-state index contributed by atoms with van der Waals surface area (Å²) in [5, 5.41) is 0. The van der Waals surface area contributed by atoms with Crippen LogP contribution in [0.15, 0.2) is 4.79 Å². The van der Waals surface area contributed by atoms with Crippen molar-refractivity contribution in [3.63, 3.8) is 0 Å². The first-order chi connectivity index (χ1) is 8.39. The molecule has 1 N–H and O–H groups in total. The SMILES string of the molecule is CC(C)(C)c1nc(C2CSCCO2)[nH]c(=O)c1I. The van der Waals surface area contributed by atoms with Gasteiger partial charge in [-0.1, -0.05) is 20.8 Å². The number of H-pyrrole nitrogens is 1. The van der Waals surface area contributed by atoms with E-state index in [1.54, 1.807) is 0 Å². The minimum atomic E-state index is -0.138. The number of nitrogens with zero attached hydrogens (tertiary/aromatic N) is 1. The third kappa shape index (κ3) is 3.08. The van der Waals surface area contributed by atoms with Gasteiger partial charge in [-0.3, -0.25) is 4.79 Å². The van der Waals surface area contributed by atoms with Gasteiger partial charge in [-0.25, -0.2) is 4.98 Å². The highest BCUT2D eigenvalue weighted by atomic mass is 127. The number of nitrogens with one attached hydrogen (secondary N) is 1. The Bertz CT molecular complexity index is 490. The van der Waals surface area contributed by atoms with Crippen LogP contribution in [0.25, 0.3) is 0 Å². The van der Waals surface area contributed by atoms with Gasteiger partial charge in [0, 0.05) is 16.9 Å². The molecule has 0 radical (unpaired) electrons. The second kappa shape index (κ2) is 5.50. The van der Waals surface area contributed by atoms with Gasteiger partial charge < -0.3 is 9.72 Å². The van der Waals surface area contributed by atoms with Gasteiger partial charge in [-0.2, -0.15) is 11.8 Å². The zero-order valence-corrected chi connectivity index (χ0v) is 13.7. The Morgan fingerprint density at radius 3 is 2.78 bits per heavy atom. The fraction of sp³-hybridized carbons (Fsp3) is 0.667.